The first-order valence-electron chi connectivity index (χ1n) is 8.82. The number of hydrogen-bond donors (Lipinski definition) is 2. The van der Waals surface area contributed by atoms with Crippen molar-refractivity contribution in [3.63, 3.8) is 0 Å². The third-order valence-electron chi connectivity index (χ3n) is 4.88. The molecule has 5 nitrogen and oxygen atoms in total. The van der Waals surface area contributed by atoms with Crippen molar-refractivity contribution in [2.24, 2.45) is 11.8 Å². The highest BCUT2D eigenvalue weighted by molar-refractivity contribution is 5.76. The van der Waals surface area contributed by atoms with E-state index in [9.17, 15) is 4.79 Å². The molecule has 1 aromatic carbocycles. The summed E-state index contributed by atoms with van der Waals surface area (Å²) in [5, 5.41) is 6.41. The van der Waals surface area contributed by atoms with Gasteiger partial charge in [0.15, 0.2) is 11.5 Å². The minimum atomic E-state index is 0.154. The van der Waals surface area contributed by atoms with E-state index in [1.54, 1.807) is 14.2 Å². The number of carbonyl (C=O) groups is 1. The number of rotatable bonds is 8. The van der Waals surface area contributed by atoms with Gasteiger partial charge in [-0.1, -0.05) is 13.0 Å². The molecule has 0 radical (unpaired) electrons. The second-order valence-electron chi connectivity index (χ2n) is 6.56. The van der Waals surface area contributed by atoms with Crippen molar-refractivity contribution in [3.05, 3.63) is 23.8 Å². The van der Waals surface area contributed by atoms with Crippen LogP contribution in [-0.2, 0) is 11.2 Å². The Balaban J connectivity index is 1.74. The Morgan fingerprint density at radius 2 is 1.96 bits per heavy atom. The lowest BCUT2D eigenvalue weighted by Gasteiger charge is -2.27. The van der Waals surface area contributed by atoms with Gasteiger partial charge in [0.05, 0.1) is 14.2 Å². The molecular formula is C19H30N2O3. The summed E-state index contributed by atoms with van der Waals surface area (Å²) in [7, 11) is 3.26. The van der Waals surface area contributed by atoms with Gasteiger partial charge in [-0.15, -0.1) is 0 Å². The van der Waals surface area contributed by atoms with Gasteiger partial charge in [-0.05, 0) is 61.9 Å². The summed E-state index contributed by atoms with van der Waals surface area (Å²) in [6, 6.07) is 5.86. The Morgan fingerprint density at radius 1 is 1.25 bits per heavy atom. The molecule has 1 atom stereocenters. The minimum absolute atomic E-state index is 0.154. The van der Waals surface area contributed by atoms with Crippen molar-refractivity contribution in [3.8, 4) is 11.5 Å². The Labute approximate surface area is 145 Å². The molecule has 1 aliphatic heterocycles. The molecular weight excluding hydrogens is 304 g/mol. The Bertz CT molecular complexity index is 527. The van der Waals surface area contributed by atoms with E-state index in [0.717, 1.165) is 36.6 Å². The summed E-state index contributed by atoms with van der Waals surface area (Å²) in [4.78, 5) is 12.1. The maximum absolute atomic E-state index is 12.1. The largest absolute Gasteiger partial charge is 0.493 e. The summed E-state index contributed by atoms with van der Waals surface area (Å²) in [5.74, 6) is 2.72. The standard InChI is InChI=1S/C19H30N2O3/c1-14(16-7-9-20-10-8-16)12-19(22)21-11-6-15-4-5-17(23-2)18(13-15)24-3/h4-5,13-14,16,20H,6-12H2,1-3H3,(H,21,22). The normalized spacial score (nSPS) is 16.5. The number of ether oxygens (including phenoxy) is 2. The summed E-state index contributed by atoms with van der Waals surface area (Å²) in [6.07, 6.45) is 3.77. The van der Waals surface area contributed by atoms with E-state index in [0.29, 0.717) is 24.8 Å². The van der Waals surface area contributed by atoms with Gasteiger partial charge in [0.1, 0.15) is 0 Å². The van der Waals surface area contributed by atoms with Crippen molar-refractivity contribution in [2.75, 3.05) is 33.9 Å². The van der Waals surface area contributed by atoms with Crippen LogP contribution in [0.15, 0.2) is 18.2 Å². The molecule has 1 aromatic rings. The van der Waals surface area contributed by atoms with Crippen LogP contribution in [0.1, 0.15) is 31.7 Å². The number of carbonyl (C=O) groups excluding carboxylic acids is 1. The maximum atomic E-state index is 12.1. The fraction of sp³-hybridized carbons (Fsp3) is 0.632. The minimum Gasteiger partial charge on any atom is -0.493 e. The molecule has 0 bridgehead atoms. The monoisotopic (exact) mass is 334 g/mol. The summed E-state index contributed by atoms with van der Waals surface area (Å²) in [6.45, 7) is 5.00. The Hall–Kier alpha value is -1.75. The van der Waals surface area contributed by atoms with Crippen molar-refractivity contribution in [1.82, 2.24) is 10.6 Å². The van der Waals surface area contributed by atoms with Crippen LogP contribution in [0.25, 0.3) is 0 Å². The lowest BCUT2D eigenvalue weighted by molar-refractivity contribution is -0.122. The first-order valence-corrected chi connectivity index (χ1v) is 8.82. The third kappa shape index (κ3) is 5.41. The topological polar surface area (TPSA) is 59.6 Å². The predicted molar refractivity (Wildman–Crippen MR) is 95.6 cm³/mol. The molecule has 2 N–H and O–H groups in total. The molecule has 0 spiro atoms. The van der Waals surface area contributed by atoms with Crippen molar-refractivity contribution < 1.29 is 14.3 Å². The molecule has 2 rings (SSSR count). The Kier molecular flexibility index (Phi) is 7.37. The van der Waals surface area contributed by atoms with E-state index in [-0.39, 0.29) is 5.91 Å². The molecule has 1 saturated heterocycles. The second kappa shape index (κ2) is 9.52. The van der Waals surface area contributed by atoms with Crippen LogP contribution >= 0.6 is 0 Å². The third-order valence-corrected chi connectivity index (χ3v) is 4.88. The van der Waals surface area contributed by atoms with Gasteiger partial charge in [0.25, 0.3) is 0 Å². The molecule has 0 aliphatic carbocycles. The summed E-state index contributed by atoms with van der Waals surface area (Å²) >= 11 is 0. The Morgan fingerprint density at radius 3 is 2.62 bits per heavy atom. The lowest BCUT2D eigenvalue weighted by Crippen LogP contribution is -2.34. The van der Waals surface area contributed by atoms with Crippen LogP contribution in [0.4, 0.5) is 0 Å². The summed E-state index contributed by atoms with van der Waals surface area (Å²) < 4.78 is 10.5. The van der Waals surface area contributed by atoms with Gasteiger partial charge in [-0.3, -0.25) is 4.79 Å². The second-order valence-corrected chi connectivity index (χ2v) is 6.56. The van der Waals surface area contributed by atoms with E-state index in [1.165, 1.54) is 12.8 Å². The van der Waals surface area contributed by atoms with E-state index in [2.05, 4.69) is 17.6 Å². The highest BCUT2D eigenvalue weighted by Crippen LogP contribution is 2.27. The first-order chi connectivity index (χ1) is 11.6. The molecule has 1 amide bonds. The molecule has 134 valence electrons. The fourth-order valence-electron chi connectivity index (χ4n) is 3.33. The zero-order chi connectivity index (χ0) is 17.4. The molecule has 5 heteroatoms. The quantitative estimate of drug-likeness (QED) is 0.766. The van der Waals surface area contributed by atoms with Crippen molar-refractivity contribution in [1.29, 1.82) is 0 Å². The molecule has 1 heterocycles. The van der Waals surface area contributed by atoms with Gasteiger partial charge in [0.2, 0.25) is 5.91 Å². The van der Waals surface area contributed by atoms with Crippen LogP contribution in [0.3, 0.4) is 0 Å². The van der Waals surface area contributed by atoms with E-state index >= 15 is 0 Å². The average molecular weight is 334 g/mol. The average Bonchev–Trinajstić information content (AvgIpc) is 2.62. The molecule has 1 aliphatic rings. The van der Waals surface area contributed by atoms with Crippen molar-refractivity contribution in [2.45, 2.75) is 32.6 Å². The lowest BCUT2D eigenvalue weighted by atomic mass is 9.84. The fourth-order valence-corrected chi connectivity index (χ4v) is 3.33. The molecule has 24 heavy (non-hydrogen) atoms. The van der Waals surface area contributed by atoms with E-state index < -0.39 is 0 Å². The SMILES string of the molecule is COc1ccc(CCNC(=O)CC(C)C2CCNCC2)cc1OC. The number of hydrogen-bond acceptors (Lipinski definition) is 4. The molecule has 0 saturated carbocycles. The van der Waals surface area contributed by atoms with Crippen LogP contribution in [-0.4, -0.2) is 39.8 Å². The smallest absolute Gasteiger partial charge is 0.220 e. The van der Waals surface area contributed by atoms with Gasteiger partial charge >= 0.3 is 0 Å². The van der Waals surface area contributed by atoms with Crippen molar-refractivity contribution >= 4 is 5.91 Å². The number of benzene rings is 1. The number of nitrogens with one attached hydrogen (secondary N) is 2. The zero-order valence-electron chi connectivity index (χ0n) is 15.1. The van der Waals surface area contributed by atoms with Gasteiger partial charge in [0, 0.05) is 13.0 Å². The molecule has 1 fully saturated rings. The number of methoxy groups -OCH3 is 2. The molecule has 0 aromatic heterocycles. The predicted octanol–water partition coefficient (Wildman–Crippen LogP) is 2.39. The van der Waals surface area contributed by atoms with Crippen LogP contribution in [0.2, 0.25) is 0 Å². The first kappa shape index (κ1) is 18.6. The number of amides is 1. The highest BCUT2D eigenvalue weighted by Gasteiger charge is 2.21. The zero-order valence-corrected chi connectivity index (χ0v) is 15.1. The number of piperidine rings is 1. The van der Waals surface area contributed by atoms with E-state index in [1.807, 2.05) is 18.2 Å². The molecule has 1 unspecified atom stereocenters. The van der Waals surface area contributed by atoms with E-state index in [4.69, 9.17) is 9.47 Å². The van der Waals surface area contributed by atoms with Gasteiger partial charge in [-0.2, -0.15) is 0 Å². The van der Waals surface area contributed by atoms with Gasteiger partial charge in [-0.25, -0.2) is 0 Å². The highest BCUT2D eigenvalue weighted by atomic mass is 16.5. The maximum Gasteiger partial charge on any atom is 0.220 e. The van der Waals surface area contributed by atoms with Crippen LogP contribution in [0.5, 0.6) is 11.5 Å². The van der Waals surface area contributed by atoms with Crippen LogP contribution in [0, 0.1) is 11.8 Å². The summed E-state index contributed by atoms with van der Waals surface area (Å²) in [5.41, 5.74) is 1.12. The van der Waals surface area contributed by atoms with Crippen LogP contribution < -0.4 is 20.1 Å². The van der Waals surface area contributed by atoms with Gasteiger partial charge < -0.3 is 20.1 Å².